The van der Waals surface area contributed by atoms with Crippen LogP contribution in [0.15, 0.2) is 33.0 Å². The molecule has 2 aromatic heterocycles. The minimum Gasteiger partial charge on any atom is -0.392 e. The van der Waals surface area contributed by atoms with Crippen molar-refractivity contribution in [3.05, 3.63) is 51.6 Å². The molecule has 0 aliphatic carbocycles. The molecule has 3 rings (SSSR count). The highest BCUT2D eigenvalue weighted by Crippen LogP contribution is 2.40. The van der Waals surface area contributed by atoms with Crippen LogP contribution in [0.5, 0.6) is 0 Å². The molecule has 0 spiro atoms. The van der Waals surface area contributed by atoms with Crippen LogP contribution in [-0.4, -0.2) is 52.3 Å². The van der Waals surface area contributed by atoms with Gasteiger partial charge in [-0.25, -0.2) is 12.7 Å². The second kappa shape index (κ2) is 12.1. The van der Waals surface area contributed by atoms with E-state index in [2.05, 4.69) is 5.16 Å². The van der Waals surface area contributed by atoms with Crippen LogP contribution in [0.2, 0.25) is 0 Å². The number of nitrogens with zero attached hydrogens (tertiary/aromatic N) is 2. The molecule has 0 radical (unpaired) electrons. The highest BCUT2D eigenvalue weighted by atomic mass is 32.2. The normalized spacial score (nSPS) is 11.8. The van der Waals surface area contributed by atoms with Crippen LogP contribution in [0.3, 0.4) is 0 Å². The lowest BCUT2D eigenvalue weighted by Crippen LogP contribution is -2.34. The number of ether oxygens (including phenoxy) is 3. The van der Waals surface area contributed by atoms with Crippen molar-refractivity contribution in [3.8, 4) is 11.1 Å². The van der Waals surface area contributed by atoms with Gasteiger partial charge in [-0.2, -0.15) is 0 Å². The van der Waals surface area contributed by atoms with Crippen LogP contribution < -0.4 is 4.31 Å². The summed E-state index contributed by atoms with van der Waals surface area (Å²) in [7, 11) is -2.54. The summed E-state index contributed by atoms with van der Waals surface area (Å²) < 4.78 is 51.0. The summed E-state index contributed by atoms with van der Waals surface area (Å²) in [6, 6.07) is 7.30. The van der Waals surface area contributed by atoms with Gasteiger partial charge in [0, 0.05) is 29.7 Å². The van der Waals surface area contributed by atoms with E-state index in [0.717, 1.165) is 25.9 Å². The number of hydrogen-bond acceptors (Lipinski definition) is 9. The van der Waals surface area contributed by atoms with Crippen LogP contribution in [0.4, 0.5) is 5.82 Å². The molecule has 0 fully saturated rings. The maximum absolute atomic E-state index is 14.1. The quantitative estimate of drug-likeness (QED) is 0.262. The third-order valence-electron chi connectivity index (χ3n) is 5.46. The lowest BCUT2D eigenvalue weighted by atomic mass is 10.00. The van der Waals surface area contributed by atoms with E-state index in [1.165, 1.54) is 11.3 Å². The molecule has 2 heterocycles. The molecule has 0 saturated heterocycles. The van der Waals surface area contributed by atoms with Gasteiger partial charge in [0.05, 0.1) is 26.4 Å². The number of hydrogen-bond donors (Lipinski definition) is 1. The molecule has 0 aliphatic heterocycles. The number of sulfonamides is 1. The van der Waals surface area contributed by atoms with Crippen LogP contribution in [0, 0.1) is 20.8 Å². The van der Waals surface area contributed by atoms with Crippen molar-refractivity contribution in [1.29, 1.82) is 0 Å². The number of anilines is 1. The molecule has 0 atom stereocenters. The maximum Gasteiger partial charge on any atom is 0.277 e. The predicted molar refractivity (Wildman–Crippen MR) is 134 cm³/mol. The Balaban J connectivity index is 2.12. The minimum absolute atomic E-state index is 0.120. The van der Waals surface area contributed by atoms with Gasteiger partial charge in [0.25, 0.3) is 10.0 Å². The predicted octanol–water partition coefficient (Wildman–Crippen LogP) is 4.17. The molecule has 0 amide bonds. The second-order valence-corrected chi connectivity index (χ2v) is 11.2. The Hall–Kier alpha value is -2.28. The number of methoxy groups -OCH3 is 1. The van der Waals surface area contributed by atoms with Gasteiger partial charge in [0.1, 0.15) is 16.7 Å². The van der Waals surface area contributed by atoms with Gasteiger partial charge < -0.3 is 23.8 Å². The number of aliphatic hydroxyl groups excluding tert-OH is 1. The molecule has 0 aliphatic rings. The summed E-state index contributed by atoms with van der Waals surface area (Å²) >= 11 is 1.18. The Morgan fingerprint density at radius 2 is 1.89 bits per heavy atom. The number of aryl methyl sites for hydroxylation is 2. The standard InChI is InChI=1S/C24H32N2O7S2/c1-6-31-14-20-12-19(13-27)7-8-21(20)22-11-16(2)34-24(22)35(28,29)26(15-32-10-9-30-5)23-17(3)18(4)33-25-23/h7-8,11-12,27H,6,9-10,13-15H2,1-5H3. The molecule has 1 N–H and O–H groups in total. The van der Waals surface area contributed by atoms with E-state index in [-0.39, 0.29) is 30.0 Å². The van der Waals surface area contributed by atoms with Gasteiger partial charge in [0.2, 0.25) is 0 Å². The van der Waals surface area contributed by atoms with E-state index in [0.29, 0.717) is 36.7 Å². The molecule has 11 heteroatoms. The smallest absolute Gasteiger partial charge is 0.277 e. The third-order valence-corrected chi connectivity index (χ3v) is 8.73. The van der Waals surface area contributed by atoms with E-state index < -0.39 is 10.0 Å². The first kappa shape index (κ1) is 27.3. The van der Waals surface area contributed by atoms with E-state index in [1.807, 2.05) is 32.0 Å². The second-order valence-electron chi connectivity index (χ2n) is 7.92. The Labute approximate surface area is 210 Å². The minimum atomic E-state index is -4.09. The van der Waals surface area contributed by atoms with E-state index in [9.17, 15) is 13.5 Å². The molecule has 3 aromatic rings. The molecule has 35 heavy (non-hydrogen) atoms. The number of benzene rings is 1. The van der Waals surface area contributed by atoms with Gasteiger partial charge in [-0.3, -0.25) is 0 Å². The van der Waals surface area contributed by atoms with Crippen LogP contribution >= 0.6 is 11.3 Å². The van der Waals surface area contributed by atoms with Gasteiger partial charge >= 0.3 is 0 Å². The lowest BCUT2D eigenvalue weighted by Gasteiger charge is -2.22. The van der Waals surface area contributed by atoms with Crippen molar-refractivity contribution >= 4 is 27.2 Å². The number of thiophene rings is 1. The maximum atomic E-state index is 14.1. The first-order valence-corrected chi connectivity index (χ1v) is 13.4. The van der Waals surface area contributed by atoms with Crippen molar-refractivity contribution in [1.82, 2.24) is 5.16 Å². The molecule has 0 unspecified atom stereocenters. The first-order chi connectivity index (χ1) is 16.7. The summed E-state index contributed by atoms with van der Waals surface area (Å²) in [5, 5.41) is 13.6. The molecule has 0 saturated carbocycles. The van der Waals surface area contributed by atoms with Crippen molar-refractivity contribution in [2.24, 2.45) is 0 Å². The Morgan fingerprint density at radius 1 is 1.11 bits per heavy atom. The zero-order valence-electron chi connectivity index (χ0n) is 20.7. The largest absolute Gasteiger partial charge is 0.392 e. The average Bonchev–Trinajstić information content (AvgIpc) is 3.39. The highest BCUT2D eigenvalue weighted by Gasteiger charge is 2.34. The van der Waals surface area contributed by atoms with Crippen LogP contribution in [0.1, 0.15) is 34.3 Å². The lowest BCUT2D eigenvalue weighted by molar-refractivity contribution is 0.0753. The number of aliphatic hydroxyl groups is 1. The monoisotopic (exact) mass is 524 g/mol. The van der Waals surface area contributed by atoms with Crippen LogP contribution in [-0.2, 0) is 37.4 Å². The van der Waals surface area contributed by atoms with Gasteiger partial charge in [-0.15, -0.1) is 11.3 Å². The first-order valence-electron chi connectivity index (χ1n) is 11.2. The van der Waals surface area contributed by atoms with Crippen molar-refractivity contribution < 1.29 is 32.3 Å². The molecular formula is C24H32N2O7S2. The van der Waals surface area contributed by atoms with Gasteiger partial charge in [-0.1, -0.05) is 23.4 Å². The molecule has 192 valence electrons. The Bertz CT molecular complexity index is 1230. The van der Waals surface area contributed by atoms with Gasteiger partial charge in [0.15, 0.2) is 5.82 Å². The fraction of sp³-hybridized carbons (Fsp3) is 0.458. The SMILES string of the molecule is CCOCc1cc(CO)ccc1-c1cc(C)sc1S(=O)(=O)N(COCCOC)c1noc(C)c1C. The van der Waals surface area contributed by atoms with Crippen molar-refractivity contribution in [2.75, 3.05) is 38.0 Å². The van der Waals surface area contributed by atoms with E-state index in [4.69, 9.17) is 18.7 Å². The van der Waals surface area contributed by atoms with E-state index in [1.54, 1.807) is 27.0 Å². The summed E-state index contributed by atoms with van der Waals surface area (Å²) in [4.78, 5) is 0.834. The molecular weight excluding hydrogens is 492 g/mol. The molecule has 0 bridgehead atoms. The van der Waals surface area contributed by atoms with Crippen LogP contribution in [0.25, 0.3) is 11.1 Å². The van der Waals surface area contributed by atoms with E-state index >= 15 is 0 Å². The summed E-state index contributed by atoms with van der Waals surface area (Å²) in [6.45, 7) is 8.22. The summed E-state index contributed by atoms with van der Waals surface area (Å²) in [5.74, 6) is 0.709. The fourth-order valence-corrected chi connectivity index (χ4v) is 6.58. The zero-order chi connectivity index (χ0) is 25.6. The van der Waals surface area contributed by atoms with Crippen molar-refractivity contribution in [3.63, 3.8) is 0 Å². The number of aromatic nitrogens is 1. The fourth-order valence-electron chi connectivity index (χ4n) is 3.48. The Morgan fingerprint density at radius 3 is 2.51 bits per heavy atom. The number of rotatable bonds is 13. The summed E-state index contributed by atoms with van der Waals surface area (Å²) in [5.41, 5.74) is 3.42. The third kappa shape index (κ3) is 6.11. The zero-order valence-corrected chi connectivity index (χ0v) is 22.3. The Kier molecular flexibility index (Phi) is 9.45. The highest BCUT2D eigenvalue weighted by molar-refractivity contribution is 7.95. The molecule has 9 nitrogen and oxygen atoms in total. The van der Waals surface area contributed by atoms with Gasteiger partial charge in [-0.05, 0) is 50.5 Å². The average molecular weight is 525 g/mol. The topological polar surface area (TPSA) is 111 Å². The summed E-state index contributed by atoms with van der Waals surface area (Å²) in [6.07, 6.45) is 0. The molecule has 1 aromatic carbocycles. The van der Waals surface area contributed by atoms with Crippen molar-refractivity contribution in [2.45, 2.75) is 45.1 Å².